The summed E-state index contributed by atoms with van der Waals surface area (Å²) in [5.41, 5.74) is 1.24. The molecular weight excluding hydrogens is 404 g/mol. The number of carbonyl (C=O) groups excluding carboxylic acids is 2. The van der Waals surface area contributed by atoms with Gasteiger partial charge in [0.15, 0.2) is 0 Å². The molecule has 0 saturated heterocycles. The van der Waals surface area contributed by atoms with E-state index < -0.39 is 0 Å². The molecule has 0 radical (unpaired) electrons. The Morgan fingerprint density at radius 3 is 2.11 bits per heavy atom. The van der Waals surface area contributed by atoms with Crippen LogP contribution in [0.3, 0.4) is 0 Å². The number of benzene rings is 1. The molecule has 144 valence electrons. The Labute approximate surface area is 169 Å². The zero-order valence-electron chi connectivity index (χ0n) is 15.9. The second kappa shape index (κ2) is 7.08. The monoisotopic (exact) mass is 430 g/mol. The van der Waals surface area contributed by atoms with Crippen molar-refractivity contribution in [1.29, 1.82) is 0 Å². The van der Waals surface area contributed by atoms with Crippen molar-refractivity contribution in [3.63, 3.8) is 0 Å². The summed E-state index contributed by atoms with van der Waals surface area (Å²) in [4.78, 5) is 26.1. The standard InChI is InChI=1S/C22H27BrN2O2/c1-13(2)11-24-20(26)18-16-7-8-17(22(16)9-10-22)19(18)21(27)25-12-14-3-5-15(23)6-4-14/h3-8,13,16-19H,9-12H2,1-2H3,(H,24,26)(H,25,27)/t16-,17+,18-,19-/m1/s1. The van der Waals surface area contributed by atoms with Gasteiger partial charge in [0.2, 0.25) is 11.8 Å². The molecule has 0 unspecified atom stereocenters. The van der Waals surface area contributed by atoms with E-state index in [-0.39, 0.29) is 40.9 Å². The van der Waals surface area contributed by atoms with Crippen molar-refractivity contribution in [3.8, 4) is 0 Å². The van der Waals surface area contributed by atoms with E-state index in [0.29, 0.717) is 19.0 Å². The van der Waals surface area contributed by atoms with Gasteiger partial charge in [-0.05, 0) is 53.7 Å². The number of allylic oxidation sites excluding steroid dienone is 2. The molecule has 2 saturated carbocycles. The van der Waals surface area contributed by atoms with E-state index in [2.05, 4.69) is 52.6 Å². The van der Waals surface area contributed by atoms with Crippen LogP contribution in [0.2, 0.25) is 0 Å². The summed E-state index contributed by atoms with van der Waals surface area (Å²) < 4.78 is 1.02. The predicted molar refractivity (Wildman–Crippen MR) is 109 cm³/mol. The van der Waals surface area contributed by atoms with Crippen LogP contribution >= 0.6 is 15.9 Å². The van der Waals surface area contributed by atoms with Gasteiger partial charge in [-0.15, -0.1) is 0 Å². The topological polar surface area (TPSA) is 58.2 Å². The van der Waals surface area contributed by atoms with Crippen LogP contribution in [0.1, 0.15) is 32.3 Å². The molecular formula is C22H27BrN2O2. The first-order valence-electron chi connectivity index (χ1n) is 9.90. The summed E-state index contributed by atoms with van der Waals surface area (Å²) in [6.07, 6.45) is 6.68. The maximum Gasteiger partial charge on any atom is 0.224 e. The van der Waals surface area contributed by atoms with Gasteiger partial charge in [0.05, 0.1) is 11.8 Å². The lowest BCUT2D eigenvalue weighted by Crippen LogP contribution is -2.44. The average Bonchev–Trinajstić information content (AvgIpc) is 3.31. The molecule has 0 aromatic heterocycles. The van der Waals surface area contributed by atoms with Gasteiger partial charge in [0, 0.05) is 17.6 Å². The summed E-state index contributed by atoms with van der Waals surface area (Å²) in [6.45, 7) is 5.34. The summed E-state index contributed by atoms with van der Waals surface area (Å²) in [6, 6.07) is 7.95. The molecule has 2 fully saturated rings. The largest absolute Gasteiger partial charge is 0.356 e. The fourth-order valence-electron chi connectivity index (χ4n) is 5.04. The average molecular weight is 431 g/mol. The van der Waals surface area contributed by atoms with Crippen molar-refractivity contribution in [1.82, 2.24) is 10.6 Å². The molecule has 2 bridgehead atoms. The summed E-state index contributed by atoms with van der Waals surface area (Å²) in [5.74, 6) is 0.431. The zero-order chi connectivity index (χ0) is 19.2. The molecule has 1 aromatic rings. The lowest BCUT2D eigenvalue weighted by Gasteiger charge is -2.26. The van der Waals surface area contributed by atoms with Gasteiger partial charge in [-0.25, -0.2) is 0 Å². The van der Waals surface area contributed by atoms with Crippen LogP contribution in [-0.4, -0.2) is 18.4 Å². The van der Waals surface area contributed by atoms with Crippen molar-refractivity contribution in [2.45, 2.75) is 33.2 Å². The first-order valence-corrected chi connectivity index (χ1v) is 10.7. The van der Waals surface area contributed by atoms with E-state index in [4.69, 9.17) is 0 Å². The van der Waals surface area contributed by atoms with E-state index in [1.54, 1.807) is 0 Å². The van der Waals surface area contributed by atoms with E-state index >= 15 is 0 Å². The van der Waals surface area contributed by atoms with Gasteiger partial charge in [-0.1, -0.05) is 54.1 Å². The molecule has 4 rings (SSSR count). The number of carbonyl (C=O) groups is 2. The predicted octanol–water partition coefficient (Wildman–Crippen LogP) is 3.67. The second-order valence-corrected chi connectivity index (χ2v) is 9.62. The van der Waals surface area contributed by atoms with Crippen LogP contribution < -0.4 is 10.6 Å². The van der Waals surface area contributed by atoms with Crippen LogP contribution in [0.4, 0.5) is 0 Å². The highest BCUT2D eigenvalue weighted by Gasteiger charge is 2.69. The van der Waals surface area contributed by atoms with Gasteiger partial charge in [0.1, 0.15) is 0 Å². The molecule has 1 spiro atoms. The Kier molecular flexibility index (Phi) is 4.91. The molecule has 5 heteroatoms. The number of hydrogen-bond donors (Lipinski definition) is 2. The van der Waals surface area contributed by atoms with Crippen LogP contribution in [0.5, 0.6) is 0 Å². The van der Waals surface area contributed by atoms with E-state index in [9.17, 15) is 9.59 Å². The van der Waals surface area contributed by atoms with Crippen molar-refractivity contribution < 1.29 is 9.59 Å². The normalized spacial score (nSPS) is 29.3. The summed E-state index contributed by atoms with van der Waals surface area (Å²) in [7, 11) is 0. The Hall–Kier alpha value is -1.62. The third kappa shape index (κ3) is 3.35. The molecule has 4 atom stereocenters. The van der Waals surface area contributed by atoms with Crippen LogP contribution in [0.25, 0.3) is 0 Å². The van der Waals surface area contributed by atoms with Crippen LogP contribution in [-0.2, 0) is 16.1 Å². The minimum atomic E-state index is -0.245. The van der Waals surface area contributed by atoms with Gasteiger partial charge in [-0.2, -0.15) is 0 Å². The maximum atomic E-state index is 13.1. The molecule has 4 nitrogen and oxygen atoms in total. The highest BCUT2D eigenvalue weighted by Crippen LogP contribution is 2.72. The quantitative estimate of drug-likeness (QED) is 0.676. The smallest absolute Gasteiger partial charge is 0.224 e. The maximum absolute atomic E-state index is 13.1. The van der Waals surface area contributed by atoms with Crippen LogP contribution in [0.15, 0.2) is 40.9 Å². The number of amides is 2. The van der Waals surface area contributed by atoms with E-state index in [1.807, 2.05) is 24.3 Å². The lowest BCUT2D eigenvalue weighted by atomic mass is 9.81. The fourth-order valence-corrected chi connectivity index (χ4v) is 5.31. The number of hydrogen-bond acceptors (Lipinski definition) is 2. The molecule has 27 heavy (non-hydrogen) atoms. The fraction of sp³-hybridized carbons (Fsp3) is 0.545. The third-order valence-corrected chi connectivity index (χ3v) is 7.04. The summed E-state index contributed by atoms with van der Waals surface area (Å²) in [5, 5.41) is 6.17. The minimum Gasteiger partial charge on any atom is -0.356 e. The second-order valence-electron chi connectivity index (χ2n) is 8.70. The van der Waals surface area contributed by atoms with E-state index in [1.165, 1.54) is 0 Å². The molecule has 3 aliphatic rings. The molecule has 3 aliphatic carbocycles. The van der Waals surface area contributed by atoms with Gasteiger partial charge in [0.25, 0.3) is 0 Å². The third-order valence-electron chi connectivity index (χ3n) is 6.51. The Bertz CT molecular complexity index is 767. The Morgan fingerprint density at radius 1 is 1.04 bits per heavy atom. The van der Waals surface area contributed by atoms with Gasteiger partial charge in [-0.3, -0.25) is 9.59 Å². The number of rotatable bonds is 6. The molecule has 2 N–H and O–H groups in total. The Balaban J connectivity index is 1.48. The summed E-state index contributed by atoms with van der Waals surface area (Å²) >= 11 is 3.43. The van der Waals surface area contributed by atoms with Crippen molar-refractivity contribution in [3.05, 3.63) is 46.5 Å². The zero-order valence-corrected chi connectivity index (χ0v) is 17.5. The van der Waals surface area contributed by atoms with E-state index in [0.717, 1.165) is 22.9 Å². The first-order chi connectivity index (χ1) is 12.9. The lowest BCUT2D eigenvalue weighted by molar-refractivity contribution is -0.135. The number of nitrogens with one attached hydrogen (secondary N) is 2. The molecule has 0 heterocycles. The van der Waals surface area contributed by atoms with Crippen molar-refractivity contribution in [2.24, 2.45) is 35.0 Å². The highest BCUT2D eigenvalue weighted by atomic mass is 79.9. The molecule has 0 aliphatic heterocycles. The SMILES string of the molecule is CC(C)CNC(=O)[C@H]1[C@H](C(=O)NCc2ccc(Br)cc2)[C@@H]2C=C[C@H]1C21CC1. The highest BCUT2D eigenvalue weighted by molar-refractivity contribution is 9.10. The Morgan fingerprint density at radius 2 is 1.59 bits per heavy atom. The number of halogens is 1. The van der Waals surface area contributed by atoms with Crippen molar-refractivity contribution in [2.75, 3.05) is 6.54 Å². The molecule has 1 aromatic carbocycles. The van der Waals surface area contributed by atoms with Gasteiger partial charge < -0.3 is 10.6 Å². The van der Waals surface area contributed by atoms with Crippen LogP contribution in [0, 0.1) is 35.0 Å². The first kappa shape index (κ1) is 18.7. The van der Waals surface area contributed by atoms with Crippen molar-refractivity contribution >= 4 is 27.7 Å². The minimum absolute atomic E-state index is 0.0192. The van der Waals surface area contributed by atoms with Gasteiger partial charge >= 0.3 is 0 Å². The molecule has 2 amide bonds.